The number of hydrogen-bond donors (Lipinski definition) is 1. The molecule has 2 saturated heterocycles. The summed E-state index contributed by atoms with van der Waals surface area (Å²) in [4.78, 5) is 18.6. The highest BCUT2D eigenvalue weighted by Crippen LogP contribution is 2.44. The maximum atomic E-state index is 12.5. The molecule has 3 heterocycles. The van der Waals surface area contributed by atoms with Crippen LogP contribution >= 0.6 is 11.6 Å². The first-order valence-electron chi connectivity index (χ1n) is 13.2. The topological polar surface area (TPSA) is 71.9 Å². The second-order valence-electron chi connectivity index (χ2n) is 10.3. The lowest BCUT2D eigenvalue weighted by atomic mass is 9.72. The minimum absolute atomic E-state index is 0.0466. The lowest BCUT2D eigenvalue weighted by molar-refractivity contribution is -0.131. The van der Waals surface area contributed by atoms with Gasteiger partial charge >= 0.3 is 0 Å². The zero-order valence-corrected chi connectivity index (χ0v) is 22.3. The van der Waals surface area contributed by atoms with Crippen molar-refractivity contribution in [2.24, 2.45) is 11.8 Å². The van der Waals surface area contributed by atoms with Gasteiger partial charge in [-0.3, -0.25) is 4.79 Å². The minimum atomic E-state index is -1.22. The number of fused-ring (bicyclic) bond motifs is 1. The second-order valence-corrected chi connectivity index (χ2v) is 10.7. The number of rotatable bonds is 6. The lowest BCUT2D eigenvalue weighted by Crippen LogP contribution is -2.45. The molecule has 0 aliphatic carbocycles. The third kappa shape index (κ3) is 5.07. The van der Waals surface area contributed by atoms with Crippen LogP contribution in [-0.4, -0.2) is 54.3 Å². The number of hydrogen-bond acceptors (Lipinski definition) is 5. The fraction of sp³-hybridized carbons (Fsp3) is 0.467. The number of carbonyl (C=O) groups is 1. The Bertz CT molecular complexity index is 1250. The van der Waals surface area contributed by atoms with E-state index in [1.807, 2.05) is 53.4 Å². The van der Waals surface area contributed by atoms with Gasteiger partial charge in [-0.1, -0.05) is 48.0 Å². The summed E-state index contributed by atoms with van der Waals surface area (Å²) in [6, 6.07) is 15.7. The zero-order chi connectivity index (χ0) is 26.0. The van der Waals surface area contributed by atoms with Crippen LogP contribution in [-0.2, 0) is 21.6 Å². The molecular formula is C30H35ClN2O4. The van der Waals surface area contributed by atoms with Crippen LogP contribution in [0.1, 0.15) is 49.3 Å². The van der Waals surface area contributed by atoms with Crippen LogP contribution in [0, 0.1) is 11.8 Å². The van der Waals surface area contributed by atoms with E-state index >= 15 is 0 Å². The molecule has 0 saturated carbocycles. The van der Waals surface area contributed by atoms with Crippen molar-refractivity contribution >= 4 is 28.4 Å². The van der Waals surface area contributed by atoms with Crippen LogP contribution in [0.5, 0.6) is 5.88 Å². The van der Waals surface area contributed by atoms with Crippen LogP contribution in [0.15, 0.2) is 48.5 Å². The maximum Gasteiger partial charge on any atom is 0.219 e. The number of nitrogens with zero attached hydrogens (tertiary/aromatic N) is 2. The zero-order valence-electron chi connectivity index (χ0n) is 21.6. The van der Waals surface area contributed by atoms with E-state index in [1.54, 1.807) is 14.0 Å². The summed E-state index contributed by atoms with van der Waals surface area (Å²) in [5.41, 5.74) is 2.07. The number of benzene rings is 2. The van der Waals surface area contributed by atoms with Crippen molar-refractivity contribution in [1.29, 1.82) is 0 Å². The molecule has 5 rings (SSSR count). The average Bonchev–Trinajstić information content (AvgIpc) is 2.95. The van der Waals surface area contributed by atoms with Gasteiger partial charge in [-0.2, -0.15) is 0 Å². The molecule has 1 amide bonds. The van der Waals surface area contributed by atoms with E-state index < -0.39 is 5.60 Å². The molecule has 0 radical (unpaired) electrons. The molecular weight excluding hydrogens is 488 g/mol. The van der Waals surface area contributed by atoms with E-state index in [-0.39, 0.29) is 11.8 Å². The van der Waals surface area contributed by atoms with E-state index in [0.29, 0.717) is 42.8 Å². The molecule has 2 fully saturated rings. The van der Waals surface area contributed by atoms with Crippen molar-refractivity contribution in [2.45, 2.75) is 44.6 Å². The normalized spacial score (nSPS) is 19.1. The number of methoxy groups -OCH3 is 1. The lowest BCUT2D eigenvalue weighted by Gasteiger charge is -2.42. The van der Waals surface area contributed by atoms with E-state index in [9.17, 15) is 9.90 Å². The number of pyridine rings is 1. The Morgan fingerprint density at radius 2 is 1.81 bits per heavy atom. The molecule has 0 spiro atoms. The summed E-state index contributed by atoms with van der Waals surface area (Å²) in [6.45, 7) is 4.41. The standard InChI is InChI=1S/C30H35ClN2O4/c1-20(34)33-14-10-23(11-15-33)30(35,22-6-4-3-5-7-22)24-8-9-27-25(19-24)28(31)26(29(32-27)36-2)18-21-12-16-37-17-13-21/h3-9,19,21,23,35H,10-18H2,1-2H3/t30-/m1/s1. The van der Waals surface area contributed by atoms with Gasteiger partial charge in [-0.05, 0) is 67.2 Å². The molecule has 3 aromatic rings. The molecule has 1 N–H and O–H groups in total. The molecule has 196 valence electrons. The monoisotopic (exact) mass is 522 g/mol. The molecule has 0 unspecified atom stereocenters. The first kappa shape index (κ1) is 26.0. The summed E-state index contributed by atoms with van der Waals surface area (Å²) in [5.74, 6) is 1.06. The number of amides is 1. The van der Waals surface area contributed by atoms with Gasteiger partial charge in [0.15, 0.2) is 0 Å². The van der Waals surface area contributed by atoms with Crippen LogP contribution in [0.3, 0.4) is 0 Å². The van der Waals surface area contributed by atoms with Crippen LogP contribution in [0.2, 0.25) is 5.02 Å². The molecule has 1 aromatic heterocycles. The largest absolute Gasteiger partial charge is 0.481 e. The summed E-state index contributed by atoms with van der Waals surface area (Å²) >= 11 is 7.08. The molecule has 1 atom stereocenters. The van der Waals surface area contributed by atoms with Crippen LogP contribution in [0.4, 0.5) is 0 Å². The van der Waals surface area contributed by atoms with Gasteiger partial charge in [0.25, 0.3) is 0 Å². The first-order valence-corrected chi connectivity index (χ1v) is 13.6. The Morgan fingerprint density at radius 3 is 2.46 bits per heavy atom. The van der Waals surface area contributed by atoms with Gasteiger partial charge in [0, 0.05) is 44.2 Å². The third-order valence-corrected chi connectivity index (χ3v) is 8.62. The minimum Gasteiger partial charge on any atom is -0.481 e. The Morgan fingerprint density at radius 1 is 1.11 bits per heavy atom. The van der Waals surface area contributed by atoms with E-state index in [1.165, 1.54) is 0 Å². The smallest absolute Gasteiger partial charge is 0.219 e. The summed E-state index contributed by atoms with van der Waals surface area (Å²) in [7, 11) is 1.63. The van der Waals surface area contributed by atoms with Gasteiger partial charge in [0.1, 0.15) is 5.60 Å². The number of aliphatic hydroxyl groups is 1. The van der Waals surface area contributed by atoms with Crippen molar-refractivity contribution < 1.29 is 19.4 Å². The number of aromatic nitrogens is 1. The number of likely N-dealkylation sites (tertiary alicyclic amines) is 1. The Labute approximate surface area is 223 Å². The fourth-order valence-electron chi connectivity index (χ4n) is 6.01. The van der Waals surface area contributed by atoms with Gasteiger partial charge in [0.05, 0.1) is 17.6 Å². The molecule has 0 bridgehead atoms. The summed E-state index contributed by atoms with van der Waals surface area (Å²) in [5, 5.41) is 13.9. The van der Waals surface area contributed by atoms with Crippen LogP contribution < -0.4 is 4.74 Å². The predicted molar refractivity (Wildman–Crippen MR) is 145 cm³/mol. The highest BCUT2D eigenvalue weighted by molar-refractivity contribution is 6.36. The van der Waals surface area contributed by atoms with Crippen molar-refractivity contribution in [2.75, 3.05) is 33.4 Å². The first-order chi connectivity index (χ1) is 17.9. The predicted octanol–water partition coefficient (Wildman–Crippen LogP) is 5.36. The average molecular weight is 523 g/mol. The van der Waals surface area contributed by atoms with Crippen molar-refractivity contribution in [3.8, 4) is 5.88 Å². The Balaban J connectivity index is 1.58. The van der Waals surface area contributed by atoms with E-state index in [4.69, 9.17) is 26.1 Å². The molecule has 7 heteroatoms. The van der Waals surface area contributed by atoms with Gasteiger partial charge in [-0.15, -0.1) is 0 Å². The van der Waals surface area contributed by atoms with Gasteiger partial charge in [-0.25, -0.2) is 4.98 Å². The number of halogens is 1. The number of ether oxygens (including phenoxy) is 2. The molecule has 37 heavy (non-hydrogen) atoms. The highest BCUT2D eigenvalue weighted by Gasteiger charge is 2.42. The SMILES string of the molecule is COc1nc2ccc([C@@](O)(c3ccccc3)C3CCN(C(C)=O)CC3)cc2c(Cl)c1CC1CCOCC1. The Kier molecular flexibility index (Phi) is 7.70. The van der Waals surface area contributed by atoms with Gasteiger partial charge in [0.2, 0.25) is 11.8 Å². The highest BCUT2D eigenvalue weighted by atomic mass is 35.5. The van der Waals surface area contributed by atoms with E-state index in [2.05, 4.69) is 0 Å². The van der Waals surface area contributed by atoms with Gasteiger partial charge < -0.3 is 19.5 Å². The van der Waals surface area contributed by atoms with Crippen molar-refractivity contribution in [3.05, 3.63) is 70.2 Å². The quantitative estimate of drug-likeness (QED) is 0.472. The molecule has 6 nitrogen and oxygen atoms in total. The molecule has 2 aromatic carbocycles. The fourth-order valence-corrected chi connectivity index (χ4v) is 6.32. The Hall–Kier alpha value is -2.67. The van der Waals surface area contributed by atoms with E-state index in [0.717, 1.165) is 60.1 Å². The number of carbonyl (C=O) groups excluding carboxylic acids is 1. The second kappa shape index (κ2) is 11.0. The molecule has 2 aliphatic rings. The summed E-state index contributed by atoms with van der Waals surface area (Å²) < 4.78 is 11.2. The summed E-state index contributed by atoms with van der Waals surface area (Å²) in [6.07, 6.45) is 4.19. The molecule has 2 aliphatic heterocycles. The maximum absolute atomic E-state index is 12.5. The van der Waals surface area contributed by atoms with Crippen molar-refractivity contribution in [1.82, 2.24) is 9.88 Å². The number of piperidine rings is 1. The van der Waals surface area contributed by atoms with Crippen LogP contribution in [0.25, 0.3) is 10.9 Å². The van der Waals surface area contributed by atoms with Crippen molar-refractivity contribution in [3.63, 3.8) is 0 Å². The third-order valence-electron chi connectivity index (χ3n) is 8.19.